The Labute approximate surface area is 486 Å². The number of nitrogens with zero attached hydrogens (tertiary/aromatic N) is 10. The van der Waals surface area contributed by atoms with Crippen LogP contribution in [0, 0.1) is 34.9 Å². The molecule has 0 radical (unpaired) electrons. The van der Waals surface area contributed by atoms with E-state index >= 15 is 4.39 Å². The van der Waals surface area contributed by atoms with Crippen LogP contribution in [0.4, 0.5) is 26.3 Å². The molecule has 0 saturated carbocycles. The van der Waals surface area contributed by atoms with Crippen molar-refractivity contribution in [2.24, 2.45) is 0 Å². The number of rotatable bonds is 14. The molecule has 86 heavy (non-hydrogen) atoms. The van der Waals surface area contributed by atoms with Crippen LogP contribution in [0.15, 0.2) is 140 Å². The molecule has 5 N–H and O–H groups in total. The monoisotopic (exact) mass is 1210 g/mol. The molecule has 0 spiro atoms. The largest absolute Gasteiger partial charge is 0.390 e. The molecule has 0 aliphatic carbocycles. The van der Waals surface area contributed by atoms with E-state index in [4.69, 9.17) is 5.11 Å². The highest BCUT2D eigenvalue weighted by Gasteiger charge is 2.28. The first-order chi connectivity index (χ1) is 41.2. The van der Waals surface area contributed by atoms with Gasteiger partial charge >= 0.3 is 20.4 Å². The van der Waals surface area contributed by atoms with Crippen molar-refractivity contribution >= 4 is 89.6 Å². The lowest BCUT2D eigenvalue weighted by molar-refractivity contribution is 0.277. The van der Waals surface area contributed by atoms with Gasteiger partial charge < -0.3 is 15.1 Å². The minimum Gasteiger partial charge on any atom is -0.390 e. The second-order valence-corrected chi connectivity index (χ2v) is 23.2. The summed E-state index contributed by atoms with van der Waals surface area (Å²) in [5.41, 5.74) is 5.71. The van der Waals surface area contributed by atoms with Crippen molar-refractivity contribution in [1.29, 1.82) is 0 Å². The number of aromatic nitrogens is 12. The van der Waals surface area contributed by atoms with Crippen LogP contribution in [0.5, 0.6) is 0 Å². The maximum absolute atomic E-state index is 15.5. The van der Waals surface area contributed by atoms with Crippen LogP contribution in [-0.2, 0) is 27.0 Å². The molecule has 19 nitrogen and oxygen atoms in total. The van der Waals surface area contributed by atoms with Gasteiger partial charge in [-0.25, -0.2) is 45.3 Å². The lowest BCUT2D eigenvalue weighted by Crippen LogP contribution is -2.30. The van der Waals surface area contributed by atoms with Gasteiger partial charge in [-0.15, -0.1) is 4.09 Å². The normalized spacial score (nSPS) is 12.2. The van der Waals surface area contributed by atoms with Gasteiger partial charge in [-0.1, -0.05) is 54.6 Å². The smallest absolute Gasteiger partial charge is 0.323 e. The van der Waals surface area contributed by atoms with Gasteiger partial charge in [0.15, 0.2) is 17.5 Å². The molecule has 6 heterocycles. The fourth-order valence-electron chi connectivity index (χ4n) is 8.60. The van der Waals surface area contributed by atoms with Crippen molar-refractivity contribution in [3.8, 4) is 34.2 Å². The van der Waals surface area contributed by atoms with E-state index in [-0.39, 0.29) is 57.6 Å². The number of aliphatic hydroxyl groups excluding tert-OH is 1. The summed E-state index contributed by atoms with van der Waals surface area (Å²) in [6, 6.07) is 26.4. The first-order valence-corrected chi connectivity index (χ1v) is 28.4. The molecule has 0 fully saturated rings. The van der Waals surface area contributed by atoms with E-state index in [0.717, 1.165) is 35.2 Å². The van der Waals surface area contributed by atoms with Gasteiger partial charge in [0, 0.05) is 86.3 Å². The quantitative estimate of drug-likeness (QED) is 0.0641. The van der Waals surface area contributed by atoms with Crippen LogP contribution >= 0.6 is 0 Å². The number of aliphatic hydroxyl groups is 1. The van der Waals surface area contributed by atoms with E-state index in [1.54, 1.807) is 73.1 Å². The predicted octanol–water partition coefficient (Wildman–Crippen LogP) is 11.0. The predicted molar refractivity (Wildman–Crippen MR) is 316 cm³/mol. The van der Waals surface area contributed by atoms with Crippen LogP contribution in [0.25, 0.3) is 103 Å². The Balaban J connectivity index is 0.000000147. The third kappa shape index (κ3) is 12.6. The highest BCUT2D eigenvalue weighted by atomic mass is 32.2. The molecule has 6 aromatic carbocycles. The first-order valence-electron chi connectivity index (χ1n) is 25.6. The number of imidazole rings is 3. The third-order valence-corrected chi connectivity index (χ3v) is 16.4. The molecule has 6 aromatic heterocycles. The number of H-pyrrole nitrogens is 4. The zero-order valence-electron chi connectivity index (χ0n) is 45.6. The van der Waals surface area contributed by atoms with E-state index in [9.17, 15) is 38.8 Å². The summed E-state index contributed by atoms with van der Waals surface area (Å²) in [6.07, 6.45) is 17.4. The van der Waals surface area contributed by atoms with Crippen LogP contribution in [0.1, 0.15) is 39.5 Å². The van der Waals surface area contributed by atoms with Gasteiger partial charge in [-0.3, -0.25) is 10.2 Å². The molecular weight excluding hydrogens is 1160 g/mol. The maximum Gasteiger partial charge on any atom is 0.323 e. The summed E-state index contributed by atoms with van der Waals surface area (Å²) in [5, 5.41) is 28.6. The fraction of sp³-hybridized carbons (Fsp3) is 0.0847. The van der Waals surface area contributed by atoms with Crippen molar-refractivity contribution in [2.45, 2.75) is 6.61 Å². The zero-order chi connectivity index (χ0) is 61.0. The molecule has 0 atom stereocenters. The Morgan fingerprint density at radius 2 is 1.16 bits per heavy atom. The van der Waals surface area contributed by atoms with Gasteiger partial charge in [0.1, 0.15) is 46.0 Å². The average molecular weight is 1210 g/mol. The minimum absolute atomic E-state index is 0.0684. The molecule has 12 aromatic rings. The van der Waals surface area contributed by atoms with Crippen molar-refractivity contribution in [3.05, 3.63) is 215 Å². The Hall–Kier alpha value is -10.1. The van der Waals surface area contributed by atoms with Crippen LogP contribution in [0.2, 0.25) is 0 Å². The van der Waals surface area contributed by atoms with Crippen molar-refractivity contribution in [1.82, 2.24) is 67.1 Å². The molecule has 0 unspecified atom stereocenters. The number of hydrogen-bond donors (Lipinski definition) is 5. The SMILES string of the molecule is CN(C)S(=O)(=O)n1ccnc1-c1cc(F)c2c(c1)c(/C=C/c1ccc(F)cc1)nn2S(=O)(=O)N(C)C.Fc1ccc(/C=C/c2n[nH]c3cc(F)c(-c4ncc[nH]4)cc23)cc1.OCc1cnc(-c2cc(F)c3n[nH]c(/C=C/c4ccc(F)cc4)c3c2)[nH]1. The zero-order valence-corrected chi connectivity index (χ0v) is 47.2. The van der Waals surface area contributed by atoms with E-state index in [1.165, 1.54) is 120 Å². The molecule has 0 aliphatic heterocycles. The second-order valence-electron chi connectivity index (χ2n) is 19.2. The molecular formula is C59H48F6N14O5S2. The van der Waals surface area contributed by atoms with E-state index in [0.29, 0.717) is 60.4 Å². The molecule has 0 saturated heterocycles. The highest BCUT2D eigenvalue weighted by molar-refractivity contribution is 7.87. The molecule has 27 heteroatoms. The number of halogens is 6. The van der Waals surface area contributed by atoms with Gasteiger partial charge in [0.2, 0.25) is 0 Å². The fourth-order valence-corrected chi connectivity index (χ4v) is 10.4. The van der Waals surface area contributed by atoms with E-state index in [2.05, 4.69) is 50.4 Å². The number of hydrogen-bond acceptors (Lipinski definition) is 11. The average Bonchev–Trinajstić information content (AvgIpc) is 1.66. The number of fused-ring (bicyclic) bond motifs is 3. The Kier molecular flexibility index (Phi) is 16.9. The minimum atomic E-state index is -4.21. The second kappa shape index (κ2) is 24.6. The Morgan fingerprint density at radius 3 is 1.74 bits per heavy atom. The third-order valence-electron chi connectivity index (χ3n) is 13.1. The van der Waals surface area contributed by atoms with E-state index < -0.39 is 37.9 Å². The standard InChI is InChI=1S/C22H22F2N6O4S2.C19H14F2N4O.C18H12F2N4/c1-27(2)35(31,32)29-12-11-25-22(29)16-13-18-20(10-7-15-5-8-17(23)9-6-15)26-30(21(18)19(24)14-16)36(33,34)28(3)4;20-13-4-1-11(2-5-13)3-6-17-15-7-12(8-16(21)18(15)25-24-17)19-22-9-14(10-26)23-19;19-12-4-1-11(2-5-12)3-6-16-14-9-13(18-21-7-8-22-18)15(20)10-17(14)24-23-16/h5-14H,1-4H3;1-9,26H,10H2,(H,22,23)(H,24,25);1-10H,(H,21,22)(H,23,24)/b10-7+;2*6-3+. The summed E-state index contributed by atoms with van der Waals surface area (Å²) in [4.78, 5) is 18.2. The van der Waals surface area contributed by atoms with Crippen LogP contribution < -0.4 is 0 Å². The molecule has 0 amide bonds. The topological polar surface area (TPSA) is 245 Å². The lowest BCUT2D eigenvalue weighted by atomic mass is 10.1. The first kappa shape index (κ1) is 59.1. The van der Waals surface area contributed by atoms with Crippen molar-refractivity contribution in [2.75, 3.05) is 28.2 Å². The molecule has 12 rings (SSSR count). The summed E-state index contributed by atoms with van der Waals surface area (Å²) in [7, 11) is -2.92. The van der Waals surface area contributed by atoms with Crippen molar-refractivity contribution in [3.63, 3.8) is 0 Å². The van der Waals surface area contributed by atoms with Gasteiger partial charge in [0.05, 0.1) is 46.7 Å². The van der Waals surface area contributed by atoms with Gasteiger partial charge in [-0.05, 0) is 102 Å². The Bertz CT molecular complexity index is 4750. The Morgan fingerprint density at radius 1 is 0.570 bits per heavy atom. The number of aromatic amines is 4. The van der Waals surface area contributed by atoms with Crippen molar-refractivity contribution < 1.29 is 48.3 Å². The maximum atomic E-state index is 15.5. The summed E-state index contributed by atoms with van der Waals surface area (Å²) < 4.78 is 138. The molecule has 0 bridgehead atoms. The lowest BCUT2D eigenvalue weighted by Gasteiger charge is -2.15. The van der Waals surface area contributed by atoms with Crippen LogP contribution in [0.3, 0.4) is 0 Å². The number of nitrogens with one attached hydrogen (secondary N) is 4. The number of benzene rings is 6. The molecule has 0 aliphatic rings. The summed E-state index contributed by atoms with van der Waals surface area (Å²) in [5.74, 6) is -1.95. The van der Waals surface area contributed by atoms with E-state index in [1.807, 2.05) is 6.08 Å². The van der Waals surface area contributed by atoms with Gasteiger partial charge in [0.25, 0.3) is 0 Å². The summed E-state index contributed by atoms with van der Waals surface area (Å²) in [6.45, 7) is -0.172. The summed E-state index contributed by atoms with van der Waals surface area (Å²) >= 11 is 0. The molecule has 438 valence electrons. The van der Waals surface area contributed by atoms with Gasteiger partial charge in [-0.2, -0.15) is 40.7 Å². The highest BCUT2D eigenvalue weighted by Crippen LogP contribution is 2.33. The van der Waals surface area contributed by atoms with Crippen LogP contribution in [-0.4, -0.2) is 117 Å².